The zero-order chi connectivity index (χ0) is 27.4. The highest BCUT2D eigenvalue weighted by Gasteiger charge is 2.32. The van der Waals surface area contributed by atoms with E-state index in [9.17, 15) is 23.1 Å². The van der Waals surface area contributed by atoms with Gasteiger partial charge in [-0.1, -0.05) is 23.7 Å². The van der Waals surface area contributed by atoms with Gasteiger partial charge in [-0.05, 0) is 74.8 Å². The Bertz CT molecular complexity index is 1270. The molecule has 2 N–H and O–H groups in total. The average molecular weight is 538 g/mol. The summed E-state index contributed by atoms with van der Waals surface area (Å²) in [7, 11) is 1.78. The number of hydrogen-bond acceptors (Lipinski definition) is 5. The molecule has 1 heterocycles. The molecule has 0 aliphatic carbocycles. The number of aromatic nitrogens is 2. The minimum atomic E-state index is -4.80. The number of rotatable bonds is 11. The Balaban J connectivity index is 1.89. The number of carbonyl (C=O) groups is 1. The van der Waals surface area contributed by atoms with Crippen LogP contribution >= 0.6 is 11.6 Å². The molecule has 2 aromatic carbocycles. The molecule has 3 aromatic rings. The van der Waals surface area contributed by atoms with E-state index in [1.54, 1.807) is 42.2 Å². The van der Waals surface area contributed by atoms with Crippen LogP contribution in [-0.4, -0.2) is 39.9 Å². The molecule has 1 unspecified atom stereocenters. The topological polar surface area (TPSA) is 85.6 Å². The minimum absolute atomic E-state index is 0.217. The number of alkyl halides is 3. The van der Waals surface area contributed by atoms with Crippen LogP contribution in [-0.2, 0) is 17.6 Å². The largest absolute Gasteiger partial charge is 0.573 e. The van der Waals surface area contributed by atoms with Gasteiger partial charge in [-0.25, -0.2) is 9.48 Å². The second-order valence-corrected chi connectivity index (χ2v) is 9.13. The summed E-state index contributed by atoms with van der Waals surface area (Å²) in [4.78, 5) is 11.4. The number of nitrogens with one attached hydrogen (secondary N) is 1. The van der Waals surface area contributed by atoms with Gasteiger partial charge in [0.05, 0.1) is 10.7 Å². The molecular weight excluding hydrogens is 511 g/mol. The summed E-state index contributed by atoms with van der Waals surface area (Å²) < 4.78 is 49.4. The normalized spacial score (nSPS) is 12.7. The molecule has 0 saturated heterocycles. The summed E-state index contributed by atoms with van der Waals surface area (Å²) in [5.74, 6) is -1.20. The number of aliphatic carboxylic acids is 1. The van der Waals surface area contributed by atoms with Crippen LogP contribution in [0, 0.1) is 0 Å². The molecule has 0 amide bonds. The van der Waals surface area contributed by atoms with Gasteiger partial charge in [-0.3, -0.25) is 0 Å². The van der Waals surface area contributed by atoms with Crippen LogP contribution in [0.3, 0.4) is 0 Å². The van der Waals surface area contributed by atoms with Crippen molar-refractivity contribution in [1.82, 2.24) is 15.1 Å². The number of benzene rings is 2. The van der Waals surface area contributed by atoms with Crippen molar-refractivity contribution in [2.24, 2.45) is 0 Å². The van der Waals surface area contributed by atoms with Crippen LogP contribution in [0.25, 0.3) is 5.69 Å². The molecular formula is C26H27ClF3N3O4. The Labute approximate surface area is 217 Å². The fourth-order valence-corrected chi connectivity index (χ4v) is 3.95. The van der Waals surface area contributed by atoms with Crippen LogP contribution in [0.15, 0.2) is 61.3 Å². The van der Waals surface area contributed by atoms with E-state index >= 15 is 0 Å². The van der Waals surface area contributed by atoms with E-state index in [0.717, 1.165) is 11.3 Å². The zero-order valence-electron chi connectivity index (χ0n) is 20.5. The van der Waals surface area contributed by atoms with E-state index in [1.165, 1.54) is 32.0 Å². The molecule has 7 nitrogen and oxygen atoms in total. The SMILES string of the molecule is C=CCc1cc(OC(F)(F)F)ccc1-n1nccc1CC(NC)c1ccc(OC(C)(C)C(=O)O)c(Cl)c1. The van der Waals surface area contributed by atoms with Gasteiger partial charge in [0.25, 0.3) is 0 Å². The summed E-state index contributed by atoms with van der Waals surface area (Å²) in [6, 6.07) is 10.8. The van der Waals surface area contributed by atoms with E-state index in [-0.39, 0.29) is 22.6 Å². The van der Waals surface area contributed by atoms with Crippen molar-refractivity contribution >= 4 is 17.6 Å². The predicted molar refractivity (Wildman–Crippen MR) is 133 cm³/mol. The summed E-state index contributed by atoms with van der Waals surface area (Å²) in [5, 5.41) is 17.2. The van der Waals surface area contributed by atoms with Gasteiger partial charge in [0.1, 0.15) is 11.5 Å². The van der Waals surface area contributed by atoms with E-state index in [0.29, 0.717) is 24.1 Å². The van der Waals surface area contributed by atoms with Gasteiger partial charge >= 0.3 is 12.3 Å². The lowest BCUT2D eigenvalue weighted by molar-refractivity contribution is -0.274. The fourth-order valence-electron chi connectivity index (χ4n) is 3.72. The van der Waals surface area contributed by atoms with E-state index in [1.807, 2.05) is 6.07 Å². The smallest absolute Gasteiger partial charge is 0.478 e. The van der Waals surface area contributed by atoms with Crippen LogP contribution in [0.5, 0.6) is 11.5 Å². The van der Waals surface area contributed by atoms with Gasteiger partial charge in [-0.15, -0.1) is 19.8 Å². The van der Waals surface area contributed by atoms with Crippen LogP contribution < -0.4 is 14.8 Å². The first kappa shape index (κ1) is 28.1. The van der Waals surface area contributed by atoms with Crippen molar-refractivity contribution in [3.63, 3.8) is 0 Å². The third-order valence-electron chi connectivity index (χ3n) is 5.60. The number of nitrogens with zero attached hydrogens (tertiary/aromatic N) is 2. The lowest BCUT2D eigenvalue weighted by atomic mass is 10.0. The molecule has 0 saturated carbocycles. The molecule has 3 rings (SSSR count). The molecule has 1 aromatic heterocycles. The molecule has 0 aliphatic heterocycles. The van der Waals surface area contributed by atoms with Gasteiger partial charge in [0, 0.05) is 24.4 Å². The lowest BCUT2D eigenvalue weighted by Crippen LogP contribution is -2.38. The number of allylic oxidation sites excluding steroid dienone is 1. The molecule has 0 bridgehead atoms. The maximum absolute atomic E-state index is 12.7. The van der Waals surface area contributed by atoms with Crippen molar-refractivity contribution in [2.75, 3.05) is 7.05 Å². The highest BCUT2D eigenvalue weighted by Crippen LogP contribution is 2.33. The Morgan fingerprint density at radius 3 is 2.54 bits per heavy atom. The number of carboxylic acids is 1. The van der Waals surface area contributed by atoms with Crippen molar-refractivity contribution in [2.45, 2.75) is 44.7 Å². The maximum Gasteiger partial charge on any atom is 0.573 e. The number of likely N-dealkylation sites (N-methyl/N-ethyl adjacent to an activating group) is 1. The van der Waals surface area contributed by atoms with Crippen molar-refractivity contribution < 1.29 is 32.5 Å². The standard InChI is InChI=1S/C26H27ClF3N3O4/c1-5-6-17-13-19(36-26(28,29)30)8-9-22(17)33-18(11-12-32-33)15-21(31-4)16-7-10-23(20(27)14-16)37-25(2,3)24(34)35/h5,7-14,21,31H,1,6,15H2,2-4H3,(H,34,35). The molecule has 37 heavy (non-hydrogen) atoms. The van der Waals surface area contributed by atoms with Crippen LogP contribution in [0.2, 0.25) is 5.02 Å². The van der Waals surface area contributed by atoms with Gasteiger partial charge < -0.3 is 19.9 Å². The summed E-state index contributed by atoms with van der Waals surface area (Å²) in [6.07, 6.45) is -0.829. The Hall–Kier alpha value is -3.50. The highest BCUT2D eigenvalue weighted by molar-refractivity contribution is 6.32. The molecule has 11 heteroatoms. The Morgan fingerprint density at radius 2 is 1.95 bits per heavy atom. The molecule has 0 spiro atoms. The third-order valence-corrected chi connectivity index (χ3v) is 5.89. The minimum Gasteiger partial charge on any atom is -0.478 e. The third kappa shape index (κ3) is 7.05. The second kappa shape index (κ2) is 11.3. The Kier molecular flexibility index (Phi) is 8.55. The first-order chi connectivity index (χ1) is 17.3. The Morgan fingerprint density at radius 1 is 1.22 bits per heavy atom. The molecule has 198 valence electrons. The van der Waals surface area contributed by atoms with Gasteiger partial charge in [0.15, 0.2) is 5.60 Å². The average Bonchev–Trinajstić information content (AvgIpc) is 3.26. The van der Waals surface area contributed by atoms with E-state index in [2.05, 4.69) is 21.7 Å². The molecule has 0 radical (unpaired) electrons. The first-order valence-corrected chi connectivity index (χ1v) is 11.6. The zero-order valence-corrected chi connectivity index (χ0v) is 21.2. The summed E-state index contributed by atoms with van der Waals surface area (Å²) >= 11 is 6.40. The highest BCUT2D eigenvalue weighted by atomic mass is 35.5. The summed E-state index contributed by atoms with van der Waals surface area (Å²) in [5.41, 5.74) is 1.32. The predicted octanol–water partition coefficient (Wildman–Crippen LogP) is 5.90. The quantitative estimate of drug-likeness (QED) is 0.296. The fraction of sp³-hybridized carbons (Fsp3) is 0.308. The van der Waals surface area contributed by atoms with Crippen molar-refractivity contribution in [3.05, 3.63) is 83.2 Å². The van der Waals surface area contributed by atoms with Crippen LogP contribution in [0.4, 0.5) is 13.2 Å². The number of carboxylic acid groups (broad SMARTS) is 1. The van der Waals surface area contributed by atoms with Gasteiger partial charge in [-0.2, -0.15) is 5.10 Å². The maximum atomic E-state index is 12.7. The molecule has 0 fully saturated rings. The molecule has 0 aliphatic rings. The van der Waals surface area contributed by atoms with Gasteiger partial charge in [0.2, 0.25) is 0 Å². The number of ether oxygens (including phenoxy) is 2. The van der Waals surface area contributed by atoms with Crippen molar-refractivity contribution in [3.8, 4) is 17.2 Å². The number of halogens is 4. The van der Waals surface area contributed by atoms with Crippen molar-refractivity contribution in [1.29, 1.82) is 0 Å². The summed E-state index contributed by atoms with van der Waals surface area (Å²) in [6.45, 7) is 6.56. The molecule has 1 atom stereocenters. The van der Waals surface area contributed by atoms with Crippen LogP contribution in [0.1, 0.15) is 36.7 Å². The number of hydrogen-bond donors (Lipinski definition) is 2. The first-order valence-electron chi connectivity index (χ1n) is 11.3. The monoisotopic (exact) mass is 537 g/mol. The lowest BCUT2D eigenvalue weighted by Gasteiger charge is -2.23. The van der Waals surface area contributed by atoms with E-state index in [4.69, 9.17) is 16.3 Å². The van der Waals surface area contributed by atoms with E-state index < -0.39 is 17.9 Å². The second-order valence-electron chi connectivity index (χ2n) is 8.72.